The first-order valence-corrected chi connectivity index (χ1v) is 7.49. The van der Waals surface area contributed by atoms with E-state index in [1.54, 1.807) is 57.4 Å². The molecule has 0 aliphatic carbocycles. The van der Waals surface area contributed by atoms with Gasteiger partial charge in [0.2, 0.25) is 0 Å². The molecule has 2 aromatic rings. The number of carbonyl (C=O) groups is 1. The van der Waals surface area contributed by atoms with Gasteiger partial charge in [-0.2, -0.15) is 0 Å². The Morgan fingerprint density at radius 1 is 1.17 bits per heavy atom. The Labute approximate surface area is 140 Å². The second kappa shape index (κ2) is 7.24. The first kappa shape index (κ1) is 17.0. The molecule has 23 heavy (non-hydrogen) atoms. The second-order valence-corrected chi connectivity index (χ2v) is 5.67. The molecule has 5 nitrogen and oxygen atoms in total. The third-order valence-electron chi connectivity index (χ3n) is 3.04. The van der Waals surface area contributed by atoms with Gasteiger partial charge in [0.1, 0.15) is 5.75 Å². The van der Waals surface area contributed by atoms with Gasteiger partial charge in [0.05, 0.1) is 30.2 Å². The summed E-state index contributed by atoms with van der Waals surface area (Å²) in [5.74, 6) is 0.158. The number of benzene rings is 2. The maximum Gasteiger partial charge on any atom is 0.340 e. The molecule has 0 fully saturated rings. The van der Waals surface area contributed by atoms with Crippen molar-refractivity contribution in [2.75, 3.05) is 18.2 Å². The Kier molecular flexibility index (Phi) is 5.34. The molecule has 0 atom stereocenters. The number of hydrogen-bond acceptors (Lipinski definition) is 5. The molecule has 0 aliphatic heterocycles. The lowest BCUT2D eigenvalue weighted by molar-refractivity contribution is 0.0379. The maximum atomic E-state index is 12.3. The lowest BCUT2D eigenvalue weighted by Gasteiger charge is -2.16. The summed E-state index contributed by atoms with van der Waals surface area (Å²) in [5.41, 5.74) is 7.82. The summed E-state index contributed by atoms with van der Waals surface area (Å²) in [5, 5.41) is 3.70. The minimum absolute atomic E-state index is 0.225. The molecule has 0 radical (unpaired) electrons. The van der Waals surface area contributed by atoms with Gasteiger partial charge in [-0.05, 0) is 50.2 Å². The topological polar surface area (TPSA) is 73.6 Å². The average molecular weight is 335 g/mol. The molecule has 0 bridgehead atoms. The zero-order valence-corrected chi connectivity index (χ0v) is 14.0. The zero-order chi connectivity index (χ0) is 17.0. The number of nitrogen functional groups attached to an aromatic ring is 1. The van der Waals surface area contributed by atoms with Gasteiger partial charge >= 0.3 is 5.97 Å². The average Bonchev–Trinajstić information content (AvgIpc) is 2.48. The van der Waals surface area contributed by atoms with Crippen molar-refractivity contribution in [3.8, 4) is 5.75 Å². The third kappa shape index (κ3) is 4.29. The lowest BCUT2D eigenvalue weighted by Crippen LogP contribution is -2.13. The molecule has 0 unspecified atom stereocenters. The van der Waals surface area contributed by atoms with Crippen LogP contribution in [-0.4, -0.2) is 19.2 Å². The number of methoxy groups -OCH3 is 1. The van der Waals surface area contributed by atoms with Gasteiger partial charge in [-0.1, -0.05) is 11.6 Å². The van der Waals surface area contributed by atoms with Crippen LogP contribution in [0.5, 0.6) is 5.75 Å². The predicted octanol–water partition coefficient (Wildman–Crippen LogP) is 4.24. The molecular formula is C17H19ClN2O3. The fraction of sp³-hybridized carbons (Fsp3) is 0.235. The lowest BCUT2D eigenvalue weighted by atomic mass is 10.1. The van der Waals surface area contributed by atoms with E-state index in [1.807, 2.05) is 0 Å². The van der Waals surface area contributed by atoms with Crippen molar-refractivity contribution in [2.45, 2.75) is 20.0 Å². The van der Waals surface area contributed by atoms with Gasteiger partial charge in [-0.3, -0.25) is 0 Å². The van der Waals surface area contributed by atoms with Crippen molar-refractivity contribution >= 4 is 34.6 Å². The summed E-state index contributed by atoms with van der Waals surface area (Å²) in [4.78, 5) is 12.3. The highest BCUT2D eigenvalue weighted by Gasteiger charge is 2.16. The van der Waals surface area contributed by atoms with Crippen molar-refractivity contribution in [3.63, 3.8) is 0 Å². The number of rotatable bonds is 5. The fourth-order valence-corrected chi connectivity index (χ4v) is 2.21. The fourth-order valence-electron chi connectivity index (χ4n) is 2.04. The molecule has 0 heterocycles. The van der Waals surface area contributed by atoms with Gasteiger partial charge in [-0.25, -0.2) is 4.79 Å². The van der Waals surface area contributed by atoms with Gasteiger partial charge in [0.15, 0.2) is 0 Å². The van der Waals surface area contributed by atoms with E-state index in [9.17, 15) is 4.79 Å². The molecule has 0 saturated carbocycles. The largest absolute Gasteiger partial charge is 0.495 e. The van der Waals surface area contributed by atoms with E-state index < -0.39 is 5.97 Å². The summed E-state index contributed by atoms with van der Waals surface area (Å²) in [7, 11) is 1.56. The highest BCUT2D eigenvalue weighted by atomic mass is 35.5. The predicted molar refractivity (Wildman–Crippen MR) is 92.7 cm³/mol. The Hall–Kier alpha value is -2.40. The second-order valence-electron chi connectivity index (χ2n) is 5.23. The Morgan fingerprint density at radius 2 is 1.91 bits per heavy atom. The summed E-state index contributed by atoms with van der Waals surface area (Å²) < 4.78 is 10.6. The molecule has 2 rings (SSSR count). The summed E-state index contributed by atoms with van der Waals surface area (Å²) in [6.07, 6.45) is -0.225. The van der Waals surface area contributed by atoms with Crippen LogP contribution >= 0.6 is 11.6 Å². The Bertz CT molecular complexity index is 717. The van der Waals surface area contributed by atoms with E-state index in [1.165, 1.54) is 0 Å². The number of halogens is 1. The summed E-state index contributed by atoms with van der Waals surface area (Å²) in [6, 6.07) is 10.2. The van der Waals surface area contributed by atoms with Crippen LogP contribution in [0.25, 0.3) is 0 Å². The Balaban J connectivity index is 2.40. The zero-order valence-electron chi connectivity index (χ0n) is 13.2. The van der Waals surface area contributed by atoms with Gasteiger partial charge in [-0.15, -0.1) is 0 Å². The number of ether oxygens (including phenoxy) is 2. The van der Waals surface area contributed by atoms with Crippen molar-refractivity contribution in [3.05, 3.63) is 47.0 Å². The summed E-state index contributed by atoms with van der Waals surface area (Å²) in [6.45, 7) is 3.58. The first-order valence-electron chi connectivity index (χ1n) is 7.11. The van der Waals surface area contributed by atoms with Crippen molar-refractivity contribution in [1.82, 2.24) is 0 Å². The molecule has 6 heteroatoms. The molecule has 0 saturated heterocycles. The van der Waals surface area contributed by atoms with E-state index in [-0.39, 0.29) is 6.10 Å². The van der Waals surface area contributed by atoms with Crippen LogP contribution in [-0.2, 0) is 4.74 Å². The van der Waals surface area contributed by atoms with Crippen LogP contribution in [0.1, 0.15) is 24.2 Å². The molecule has 0 amide bonds. The molecule has 0 aromatic heterocycles. The van der Waals surface area contributed by atoms with Crippen LogP contribution in [0.4, 0.5) is 17.1 Å². The molecular weight excluding hydrogens is 316 g/mol. The van der Waals surface area contributed by atoms with Gasteiger partial charge in [0, 0.05) is 10.7 Å². The van der Waals surface area contributed by atoms with Crippen molar-refractivity contribution < 1.29 is 14.3 Å². The van der Waals surface area contributed by atoms with E-state index >= 15 is 0 Å². The highest BCUT2D eigenvalue weighted by molar-refractivity contribution is 6.31. The normalized spacial score (nSPS) is 10.5. The highest BCUT2D eigenvalue weighted by Crippen LogP contribution is 2.32. The maximum absolute atomic E-state index is 12.3. The minimum Gasteiger partial charge on any atom is -0.495 e. The van der Waals surface area contributed by atoms with Crippen LogP contribution in [0.3, 0.4) is 0 Å². The molecule has 122 valence electrons. The Morgan fingerprint density at radius 3 is 2.57 bits per heavy atom. The third-order valence-corrected chi connectivity index (χ3v) is 3.27. The molecule has 0 spiro atoms. The van der Waals surface area contributed by atoms with E-state index in [0.717, 1.165) is 0 Å². The van der Waals surface area contributed by atoms with Gasteiger partial charge < -0.3 is 20.5 Å². The van der Waals surface area contributed by atoms with Crippen LogP contribution in [0, 0.1) is 0 Å². The number of esters is 1. The SMILES string of the molecule is COc1ccc(Cl)cc1Nc1ccc(N)cc1C(=O)OC(C)C. The van der Waals surface area contributed by atoms with Crippen LogP contribution < -0.4 is 15.8 Å². The first-order chi connectivity index (χ1) is 10.9. The van der Waals surface area contributed by atoms with Crippen LogP contribution in [0.2, 0.25) is 5.02 Å². The molecule has 2 aromatic carbocycles. The van der Waals surface area contributed by atoms with E-state index in [2.05, 4.69) is 5.32 Å². The minimum atomic E-state index is -0.448. The standard InChI is InChI=1S/C17H19ClN2O3/c1-10(2)23-17(21)13-9-12(19)5-6-14(13)20-15-8-11(18)4-7-16(15)22-3/h4-10,20H,19H2,1-3H3. The number of carbonyl (C=O) groups excluding carboxylic acids is 1. The van der Waals surface area contributed by atoms with E-state index in [4.69, 9.17) is 26.8 Å². The van der Waals surface area contributed by atoms with E-state index in [0.29, 0.717) is 33.4 Å². The summed E-state index contributed by atoms with van der Waals surface area (Å²) >= 11 is 6.03. The van der Waals surface area contributed by atoms with Crippen molar-refractivity contribution in [2.24, 2.45) is 0 Å². The number of nitrogens with one attached hydrogen (secondary N) is 1. The number of nitrogens with two attached hydrogens (primary N) is 1. The van der Waals surface area contributed by atoms with Crippen LogP contribution in [0.15, 0.2) is 36.4 Å². The van der Waals surface area contributed by atoms with Gasteiger partial charge in [0.25, 0.3) is 0 Å². The number of hydrogen-bond donors (Lipinski definition) is 2. The quantitative estimate of drug-likeness (QED) is 0.632. The molecule has 0 aliphatic rings. The number of anilines is 3. The van der Waals surface area contributed by atoms with Crippen molar-refractivity contribution in [1.29, 1.82) is 0 Å². The molecule has 3 N–H and O–H groups in total. The monoisotopic (exact) mass is 334 g/mol. The smallest absolute Gasteiger partial charge is 0.340 e.